The molecule has 18 heavy (non-hydrogen) atoms. The molecule has 3 unspecified atom stereocenters. The zero-order valence-electron chi connectivity index (χ0n) is 10.6. The number of aromatic nitrogens is 1. The molecule has 0 bridgehead atoms. The SMILES string of the molecule is CC1CCC(NS(=O)(=O)c2ccnc(N)c2)C1C. The Bertz CT molecular complexity index is 530. The maximum absolute atomic E-state index is 12.2. The first-order chi connectivity index (χ1) is 8.40. The lowest BCUT2D eigenvalue weighted by Crippen LogP contribution is -2.37. The zero-order valence-corrected chi connectivity index (χ0v) is 11.4. The second kappa shape index (κ2) is 4.85. The van der Waals surface area contributed by atoms with Crippen molar-refractivity contribution < 1.29 is 8.42 Å². The molecule has 1 aromatic rings. The van der Waals surface area contributed by atoms with E-state index in [1.807, 2.05) is 0 Å². The fraction of sp³-hybridized carbons (Fsp3) is 0.583. The summed E-state index contributed by atoms with van der Waals surface area (Å²) in [5, 5.41) is 0. The van der Waals surface area contributed by atoms with Crippen LogP contribution in [0.5, 0.6) is 0 Å². The topological polar surface area (TPSA) is 85.1 Å². The molecule has 1 aliphatic carbocycles. The number of nitrogens with one attached hydrogen (secondary N) is 1. The molecule has 3 atom stereocenters. The number of hydrogen-bond acceptors (Lipinski definition) is 4. The molecule has 3 N–H and O–H groups in total. The third-order valence-electron chi connectivity index (χ3n) is 3.83. The van der Waals surface area contributed by atoms with Crippen molar-refractivity contribution in [3.63, 3.8) is 0 Å². The first-order valence-corrected chi connectivity index (χ1v) is 7.62. The van der Waals surface area contributed by atoms with Gasteiger partial charge in [-0.15, -0.1) is 0 Å². The summed E-state index contributed by atoms with van der Waals surface area (Å²) in [4.78, 5) is 3.98. The fourth-order valence-electron chi connectivity index (χ4n) is 2.39. The van der Waals surface area contributed by atoms with Crippen molar-refractivity contribution in [2.45, 2.75) is 37.6 Å². The van der Waals surface area contributed by atoms with Crippen molar-refractivity contribution in [1.29, 1.82) is 0 Å². The molecule has 0 spiro atoms. The van der Waals surface area contributed by atoms with Gasteiger partial charge in [0.05, 0.1) is 4.90 Å². The Kier molecular flexibility index (Phi) is 3.59. The molecule has 5 nitrogen and oxygen atoms in total. The van der Waals surface area contributed by atoms with Gasteiger partial charge < -0.3 is 5.73 Å². The van der Waals surface area contributed by atoms with E-state index in [4.69, 9.17) is 5.73 Å². The molecule has 100 valence electrons. The largest absolute Gasteiger partial charge is 0.384 e. The predicted molar refractivity (Wildman–Crippen MR) is 70.3 cm³/mol. The number of anilines is 1. The molecule has 0 saturated heterocycles. The highest BCUT2D eigenvalue weighted by Gasteiger charge is 2.33. The van der Waals surface area contributed by atoms with E-state index in [1.54, 1.807) is 0 Å². The summed E-state index contributed by atoms with van der Waals surface area (Å²) in [6, 6.07) is 2.85. The molecular formula is C12H19N3O2S. The summed E-state index contributed by atoms with van der Waals surface area (Å²) < 4.78 is 27.2. The van der Waals surface area contributed by atoms with Gasteiger partial charge in [0.15, 0.2) is 0 Å². The average Bonchev–Trinajstić information content (AvgIpc) is 2.61. The van der Waals surface area contributed by atoms with Gasteiger partial charge >= 0.3 is 0 Å². The van der Waals surface area contributed by atoms with E-state index in [2.05, 4.69) is 23.6 Å². The minimum atomic E-state index is -3.49. The summed E-state index contributed by atoms with van der Waals surface area (Å²) in [6.07, 6.45) is 3.36. The Morgan fingerprint density at radius 2 is 2.11 bits per heavy atom. The second-order valence-corrected chi connectivity index (χ2v) is 6.77. The van der Waals surface area contributed by atoms with Crippen LogP contribution in [0.1, 0.15) is 26.7 Å². The van der Waals surface area contributed by atoms with Crippen LogP contribution in [0.2, 0.25) is 0 Å². The third kappa shape index (κ3) is 2.64. The third-order valence-corrected chi connectivity index (χ3v) is 5.32. The van der Waals surface area contributed by atoms with Crippen LogP contribution in [0.3, 0.4) is 0 Å². The molecule has 1 aliphatic rings. The molecule has 0 aliphatic heterocycles. The Balaban J connectivity index is 2.18. The van der Waals surface area contributed by atoms with E-state index < -0.39 is 10.0 Å². The average molecular weight is 269 g/mol. The molecule has 6 heteroatoms. The standard InChI is InChI=1S/C12H19N3O2S/c1-8-3-4-11(9(8)2)15-18(16,17)10-5-6-14-12(13)7-10/h5-9,11,15H,3-4H2,1-2H3,(H2,13,14). The fourth-order valence-corrected chi connectivity index (χ4v) is 3.78. The number of sulfonamides is 1. The van der Waals surface area contributed by atoms with Crippen LogP contribution in [-0.2, 0) is 10.0 Å². The number of hydrogen-bond donors (Lipinski definition) is 2. The minimum Gasteiger partial charge on any atom is -0.384 e. The molecular weight excluding hydrogens is 250 g/mol. The van der Waals surface area contributed by atoms with E-state index >= 15 is 0 Å². The van der Waals surface area contributed by atoms with E-state index in [0.717, 1.165) is 12.8 Å². The summed E-state index contributed by atoms with van der Waals surface area (Å²) in [7, 11) is -3.49. The van der Waals surface area contributed by atoms with Gasteiger partial charge in [-0.3, -0.25) is 0 Å². The quantitative estimate of drug-likeness (QED) is 0.868. The molecule has 1 aromatic heterocycles. The molecule has 1 heterocycles. The van der Waals surface area contributed by atoms with Gasteiger partial charge in [-0.05, 0) is 30.7 Å². The van der Waals surface area contributed by atoms with Gasteiger partial charge in [-0.25, -0.2) is 18.1 Å². The monoisotopic (exact) mass is 269 g/mol. The first kappa shape index (κ1) is 13.3. The normalized spacial score (nSPS) is 28.4. The summed E-state index contributed by atoms with van der Waals surface area (Å²) in [5.41, 5.74) is 5.51. The lowest BCUT2D eigenvalue weighted by molar-refractivity contribution is 0.402. The molecule has 2 rings (SSSR count). The maximum atomic E-state index is 12.2. The Morgan fingerprint density at radius 1 is 1.39 bits per heavy atom. The van der Waals surface area contributed by atoms with Crippen molar-refractivity contribution in [2.75, 3.05) is 5.73 Å². The smallest absolute Gasteiger partial charge is 0.241 e. The zero-order chi connectivity index (χ0) is 13.3. The van der Waals surface area contributed by atoms with Gasteiger partial charge in [0.25, 0.3) is 0 Å². The van der Waals surface area contributed by atoms with E-state index in [0.29, 0.717) is 11.8 Å². The van der Waals surface area contributed by atoms with E-state index in [9.17, 15) is 8.42 Å². The lowest BCUT2D eigenvalue weighted by atomic mass is 9.98. The van der Waals surface area contributed by atoms with Crippen molar-refractivity contribution >= 4 is 15.8 Å². The Hall–Kier alpha value is -1.14. The van der Waals surface area contributed by atoms with Crippen LogP contribution in [0, 0.1) is 11.8 Å². The van der Waals surface area contributed by atoms with Gasteiger partial charge in [0, 0.05) is 18.3 Å². The van der Waals surface area contributed by atoms with Crippen molar-refractivity contribution in [3.05, 3.63) is 18.3 Å². The van der Waals surface area contributed by atoms with Gasteiger partial charge in [-0.1, -0.05) is 13.8 Å². The number of nitrogens with two attached hydrogens (primary N) is 1. The van der Waals surface area contributed by atoms with Crippen LogP contribution in [0.4, 0.5) is 5.82 Å². The maximum Gasteiger partial charge on any atom is 0.241 e. The highest BCUT2D eigenvalue weighted by atomic mass is 32.2. The van der Waals surface area contributed by atoms with Crippen molar-refractivity contribution in [2.24, 2.45) is 11.8 Å². The van der Waals surface area contributed by atoms with E-state index in [-0.39, 0.29) is 16.8 Å². The summed E-state index contributed by atoms with van der Waals surface area (Å²) >= 11 is 0. The molecule has 0 radical (unpaired) electrons. The van der Waals surface area contributed by atoms with Crippen molar-refractivity contribution in [1.82, 2.24) is 9.71 Å². The number of rotatable bonds is 3. The molecule has 1 fully saturated rings. The van der Waals surface area contributed by atoms with Gasteiger partial charge in [0.2, 0.25) is 10.0 Å². The summed E-state index contributed by atoms with van der Waals surface area (Å²) in [5.74, 6) is 1.13. The summed E-state index contributed by atoms with van der Waals surface area (Å²) in [6.45, 7) is 4.25. The Labute approximate surface area is 108 Å². The highest BCUT2D eigenvalue weighted by molar-refractivity contribution is 7.89. The predicted octanol–water partition coefficient (Wildman–Crippen LogP) is 1.38. The molecule has 0 aromatic carbocycles. The van der Waals surface area contributed by atoms with Crippen LogP contribution < -0.4 is 10.5 Å². The van der Waals surface area contributed by atoms with Gasteiger partial charge in [-0.2, -0.15) is 0 Å². The van der Waals surface area contributed by atoms with Gasteiger partial charge in [0.1, 0.15) is 5.82 Å². The van der Waals surface area contributed by atoms with Crippen LogP contribution in [-0.4, -0.2) is 19.4 Å². The number of nitrogen functional groups attached to an aromatic ring is 1. The first-order valence-electron chi connectivity index (χ1n) is 6.14. The molecule has 1 saturated carbocycles. The Morgan fingerprint density at radius 3 is 2.67 bits per heavy atom. The lowest BCUT2D eigenvalue weighted by Gasteiger charge is -2.19. The number of nitrogens with zero attached hydrogens (tertiary/aromatic N) is 1. The molecule has 0 amide bonds. The van der Waals surface area contributed by atoms with E-state index in [1.165, 1.54) is 18.3 Å². The van der Waals surface area contributed by atoms with Crippen molar-refractivity contribution in [3.8, 4) is 0 Å². The van der Waals surface area contributed by atoms with Crippen LogP contribution in [0.25, 0.3) is 0 Å². The number of pyridine rings is 1. The van der Waals surface area contributed by atoms with Crippen LogP contribution in [0.15, 0.2) is 23.2 Å². The second-order valence-electron chi connectivity index (χ2n) is 5.06. The van der Waals surface area contributed by atoms with Crippen LogP contribution >= 0.6 is 0 Å². The highest BCUT2D eigenvalue weighted by Crippen LogP contribution is 2.32. The minimum absolute atomic E-state index is 0.0133.